The molecule has 0 saturated carbocycles. The molecule has 0 spiro atoms. The van der Waals surface area contributed by atoms with Crippen LogP contribution in [0.5, 0.6) is 0 Å². The number of hydrogen-bond acceptors (Lipinski definition) is 3. The molecule has 1 aromatic rings. The number of benzene rings is 1. The smallest absolute Gasteiger partial charge is 0.146 e. The van der Waals surface area contributed by atoms with Crippen LogP contribution in [0.3, 0.4) is 0 Å². The number of hydrogen-bond donors (Lipinski definition) is 2. The van der Waals surface area contributed by atoms with Crippen LogP contribution in [0.2, 0.25) is 5.02 Å². The third kappa shape index (κ3) is 2.77. The molecule has 3 nitrogen and oxygen atoms in total. The van der Waals surface area contributed by atoms with Crippen molar-refractivity contribution in [2.75, 3.05) is 32.8 Å². The molecule has 1 heterocycles. The molecule has 2 N–H and O–H groups in total. The lowest BCUT2D eigenvalue weighted by Gasteiger charge is -2.34. The highest BCUT2D eigenvalue weighted by Crippen LogP contribution is 2.27. The fraction of sp³-hybridized carbons (Fsp3) is 0.500. The summed E-state index contributed by atoms with van der Waals surface area (Å²) >= 11 is 5.77. The van der Waals surface area contributed by atoms with Gasteiger partial charge in [-0.3, -0.25) is 4.90 Å². The molecule has 1 aliphatic heterocycles. The molecule has 2 rings (SSSR count). The molecule has 0 unspecified atom stereocenters. The summed E-state index contributed by atoms with van der Waals surface area (Å²) in [4.78, 5) is 2.07. The zero-order chi connectivity index (χ0) is 12.3. The molecule has 1 aromatic carbocycles. The summed E-state index contributed by atoms with van der Waals surface area (Å²) in [5.74, 6) is -0.424. The Bertz CT molecular complexity index is 383. The Morgan fingerprint density at radius 1 is 1.41 bits per heavy atom. The number of rotatable bonds is 3. The van der Waals surface area contributed by atoms with E-state index in [0.717, 1.165) is 26.2 Å². The summed E-state index contributed by atoms with van der Waals surface area (Å²) in [7, 11) is 0. The summed E-state index contributed by atoms with van der Waals surface area (Å²) in [6.07, 6.45) is 0. The molecular weight excluding hydrogens is 243 g/mol. The second-order valence-electron chi connectivity index (χ2n) is 4.13. The maximum Gasteiger partial charge on any atom is 0.146 e. The van der Waals surface area contributed by atoms with Gasteiger partial charge in [-0.15, -0.1) is 0 Å². The quantitative estimate of drug-likeness (QED) is 0.861. The highest BCUT2D eigenvalue weighted by molar-refractivity contribution is 6.30. The average Bonchev–Trinajstić information content (AvgIpc) is 2.37. The van der Waals surface area contributed by atoms with E-state index in [1.807, 2.05) is 0 Å². The summed E-state index contributed by atoms with van der Waals surface area (Å²) in [6.45, 7) is 3.23. The molecule has 0 aromatic heterocycles. The minimum Gasteiger partial charge on any atom is -0.394 e. The Balaban J connectivity index is 2.24. The third-order valence-electron chi connectivity index (χ3n) is 3.11. The van der Waals surface area contributed by atoms with Crippen molar-refractivity contribution in [2.24, 2.45) is 0 Å². The zero-order valence-electron chi connectivity index (χ0n) is 9.50. The van der Waals surface area contributed by atoms with Gasteiger partial charge in [0.2, 0.25) is 0 Å². The van der Waals surface area contributed by atoms with Crippen LogP contribution in [0.4, 0.5) is 4.39 Å². The molecule has 0 bridgehead atoms. The van der Waals surface area contributed by atoms with Gasteiger partial charge >= 0.3 is 0 Å². The summed E-state index contributed by atoms with van der Waals surface area (Å²) in [5.41, 5.74) is 0.474. The van der Waals surface area contributed by atoms with Crippen LogP contribution in [-0.2, 0) is 0 Å². The standard InChI is InChI=1S/C12H16ClFN2O/c13-10-3-1-2-9(12(10)14)11(8-17)16-6-4-15-5-7-16/h1-3,11,15,17H,4-8H2/t11-/m1/s1. The van der Waals surface area contributed by atoms with Gasteiger partial charge in [0.25, 0.3) is 0 Å². The van der Waals surface area contributed by atoms with Crippen molar-refractivity contribution in [3.8, 4) is 0 Å². The van der Waals surface area contributed by atoms with E-state index in [9.17, 15) is 9.50 Å². The van der Waals surface area contributed by atoms with E-state index < -0.39 is 5.82 Å². The van der Waals surface area contributed by atoms with Gasteiger partial charge < -0.3 is 10.4 Å². The van der Waals surface area contributed by atoms with Crippen LogP contribution >= 0.6 is 11.6 Å². The number of aliphatic hydroxyl groups excluding tert-OH is 1. The molecule has 1 saturated heterocycles. The molecule has 0 aliphatic carbocycles. The van der Waals surface area contributed by atoms with Crippen molar-refractivity contribution in [3.63, 3.8) is 0 Å². The van der Waals surface area contributed by atoms with Crippen molar-refractivity contribution in [2.45, 2.75) is 6.04 Å². The van der Waals surface area contributed by atoms with Gasteiger partial charge in [0, 0.05) is 31.7 Å². The fourth-order valence-electron chi connectivity index (χ4n) is 2.18. The average molecular weight is 259 g/mol. The lowest BCUT2D eigenvalue weighted by Crippen LogP contribution is -2.46. The number of nitrogens with zero attached hydrogens (tertiary/aromatic N) is 1. The van der Waals surface area contributed by atoms with Crippen LogP contribution in [0.25, 0.3) is 0 Å². The van der Waals surface area contributed by atoms with Gasteiger partial charge in [-0.2, -0.15) is 0 Å². The molecule has 1 fully saturated rings. The molecule has 17 heavy (non-hydrogen) atoms. The Kier molecular flexibility index (Phi) is 4.34. The SMILES string of the molecule is OC[C@H](c1cccc(Cl)c1F)N1CCNCC1. The van der Waals surface area contributed by atoms with Crippen molar-refractivity contribution >= 4 is 11.6 Å². The molecule has 94 valence electrons. The van der Waals surface area contributed by atoms with Crippen LogP contribution in [0.15, 0.2) is 18.2 Å². The van der Waals surface area contributed by atoms with Crippen molar-refractivity contribution in [1.82, 2.24) is 10.2 Å². The zero-order valence-corrected chi connectivity index (χ0v) is 10.3. The first-order valence-corrected chi connectivity index (χ1v) is 6.11. The summed E-state index contributed by atoms with van der Waals surface area (Å²) < 4.78 is 13.9. The minimum atomic E-state index is -0.424. The van der Waals surface area contributed by atoms with Gasteiger partial charge in [-0.25, -0.2) is 4.39 Å². The van der Waals surface area contributed by atoms with E-state index in [-0.39, 0.29) is 17.7 Å². The predicted octanol–water partition coefficient (Wildman–Crippen LogP) is 1.42. The van der Waals surface area contributed by atoms with Gasteiger partial charge in [0.05, 0.1) is 17.7 Å². The normalized spacial score (nSPS) is 19.2. The van der Waals surface area contributed by atoms with E-state index in [4.69, 9.17) is 11.6 Å². The van der Waals surface area contributed by atoms with Crippen LogP contribution in [-0.4, -0.2) is 42.8 Å². The maximum absolute atomic E-state index is 13.9. The highest BCUT2D eigenvalue weighted by Gasteiger charge is 2.24. The number of halogens is 2. The summed E-state index contributed by atoms with van der Waals surface area (Å²) in [5, 5.41) is 12.8. The maximum atomic E-state index is 13.9. The largest absolute Gasteiger partial charge is 0.394 e. The van der Waals surface area contributed by atoms with Crippen molar-refractivity contribution in [3.05, 3.63) is 34.6 Å². The van der Waals surface area contributed by atoms with Crippen LogP contribution in [0.1, 0.15) is 11.6 Å². The monoisotopic (exact) mass is 258 g/mol. The van der Waals surface area contributed by atoms with Crippen LogP contribution < -0.4 is 5.32 Å². The number of piperazine rings is 1. The molecule has 1 aliphatic rings. The Labute approximate surface area is 105 Å². The number of aliphatic hydroxyl groups is 1. The lowest BCUT2D eigenvalue weighted by molar-refractivity contribution is 0.108. The van der Waals surface area contributed by atoms with Gasteiger partial charge in [-0.05, 0) is 6.07 Å². The second-order valence-corrected chi connectivity index (χ2v) is 4.53. The Hall–Kier alpha value is -0.680. The van der Waals surface area contributed by atoms with E-state index in [1.165, 1.54) is 6.07 Å². The minimum absolute atomic E-state index is 0.0999. The summed E-state index contributed by atoms with van der Waals surface area (Å²) in [6, 6.07) is 4.61. The van der Waals surface area contributed by atoms with Gasteiger partial charge in [0.15, 0.2) is 0 Å². The number of nitrogens with one attached hydrogen (secondary N) is 1. The molecule has 0 radical (unpaired) electrons. The van der Waals surface area contributed by atoms with Crippen LogP contribution in [0, 0.1) is 5.82 Å². The molecule has 1 atom stereocenters. The van der Waals surface area contributed by atoms with Crippen molar-refractivity contribution in [1.29, 1.82) is 0 Å². The van der Waals surface area contributed by atoms with E-state index in [1.54, 1.807) is 12.1 Å². The lowest BCUT2D eigenvalue weighted by atomic mass is 10.0. The molecule has 0 amide bonds. The molecule has 5 heteroatoms. The van der Waals surface area contributed by atoms with E-state index >= 15 is 0 Å². The first kappa shape index (κ1) is 12.8. The second kappa shape index (κ2) is 5.78. The van der Waals surface area contributed by atoms with E-state index in [2.05, 4.69) is 10.2 Å². The Morgan fingerprint density at radius 2 is 2.12 bits per heavy atom. The Morgan fingerprint density at radius 3 is 2.76 bits per heavy atom. The fourth-order valence-corrected chi connectivity index (χ4v) is 2.36. The van der Waals surface area contributed by atoms with Gasteiger partial charge in [0.1, 0.15) is 5.82 Å². The van der Waals surface area contributed by atoms with E-state index in [0.29, 0.717) is 5.56 Å². The van der Waals surface area contributed by atoms with Gasteiger partial charge in [-0.1, -0.05) is 23.7 Å². The first-order valence-electron chi connectivity index (χ1n) is 5.73. The highest BCUT2D eigenvalue weighted by atomic mass is 35.5. The first-order chi connectivity index (χ1) is 8.24. The topological polar surface area (TPSA) is 35.5 Å². The predicted molar refractivity (Wildman–Crippen MR) is 65.7 cm³/mol. The third-order valence-corrected chi connectivity index (χ3v) is 3.40. The molecular formula is C12H16ClFN2O. The van der Waals surface area contributed by atoms with Crippen molar-refractivity contribution < 1.29 is 9.50 Å².